The van der Waals surface area contributed by atoms with Crippen molar-refractivity contribution in [3.05, 3.63) is 0 Å². The lowest BCUT2D eigenvalue weighted by Crippen LogP contribution is -2.48. The number of likely N-dealkylation sites (tertiary alicyclic amines) is 1. The van der Waals surface area contributed by atoms with E-state index in [0.717, 1.165) is 0 Å². The number of nitrogens with zero attached hydrogens (tertiary/aromatic N) is 1. The van der Waals surface area contributed by atoms with Crippen LogP contribution in [0.15, 0.2) is 0 Å². The molecule has 2 aliphatic heterocycles. The van der Waals surface area contributed by atoms with Gasteiger partial charge in [0.05, 0.1) is 5.92 Å². The summed E-state index contributed by atoms with van der Waals surface area (Å²) in [6.07, 6.45) is 1.96. The molecule has 2 saturated heterocycles. The summed E-state index contributed by atoms with van der Waals surface area (Å²) < 4.78 is 0. The van der Waals surface area contributed by atoms with E-state index >= 15 is 0 Å². The minimum Gasteiger partial charge on any atom is -0.481 e. The molecule has 0 radical (unpaired) electrons. The number of amides is 2. The van der Waals surface area contributed by atoms with Gasteiger partial charge in [-0.1, -0.05) is 0 Å². The number of carbonyl (C=O) groups excluding carboxylic acids is 2. The molecule has 0 spiro atoms. The molecular formula is C11H16N2O4. The molecule has 1 atom stereocenters. The third-order valence-corrected chi connectivity index (χ3v) is 3.45. The Balaban J connectivity index is 1.86. The second-order valence-corrected chi connectivity index (χ2v) is 4.60. The van der Waals surface area contributed by atoms with Gasteiger partial charge in [0.15, 0.2) is 0 Å². The standard InChI is InChI=1S/C11H16N2O4/c14-9-2-1-8(12-9)10(15)13-5-3-7(4-6-13)11(16)17/h7-8H,1-6H2,(H,12,14)(H,16,17). The highest BCUT2D eigenvalue weighted by Crippen LogP contribution is 2.19. The van der Waals surface area contributed by atoms with Crippen molar-refractivity contribution in [3.63, 3.8) is 0 Å². The predicted molar refractivity (Wildman–Crippen MR) is 58.1 cm³/mol. The lowest BCUT2D eigenvalue weighted by atomic mass is 9.96. The van der Waals surface area contributed by atoms with Crippen LogP contribution in [0.1, 0.15) is 25.7 Å². The Hall–Kier alpha value is -1.59. The topological polar surface area (TPSA) is 86.7 Å². The second-order valence-electron chi connectivity index (χ2n) is 4.60. The van der Waals surface area contributed by atoms with E-state index < -0.39 is 12.0 Å². The number of carboxylic acids is 1. The monoisotopic (exact) mass is 240 g/mol. The SMILES string of the molecule is O=C1CCC(C(=O)N2CCC(C(=O)O)CC2)N1. The lowest BCUT2D eigenvalue weighted by molar-refractivity contribution is -0.146. The molecule has 1 unspecified atom stereocenters. The predicted octanol–water partition coefficient (Wildman–Crippen LogP) is -0.412. The molecule has 0 aromatic carbocycles. The van der Waals surface area contributed by atoms with Crippen molar-refractivity contribution in [2.24, 2.45) is 5.92 Å². The van der Waals surface area contributed by atoms with Gasteiger partial charge in [0.1, 0.15) is 6.04 Å². The molecule has 2 aliphatic rings. The molecule has 0 aromatic heterocycles. The molecule has 0 aromatic rings. The number of aliphatic carboxylic acids is 1. The van der Waals surface area contributed by atoms with Gasteiger partial charge in [-0.15, -0.1) is 0 Å². The fraction of sp³-hybridized carbons (Fsp3) is 0.727. The molecule has 2 N–H and O–H groups in total. The van der Waals surface area contributed by atoms with E-state index in [2.05, 4.69) is 5.32 Å². The Morgan fingerprint density at radius 3 is 2.35 bits per heavy atom. The Kier molecular flexibility index (Phi) is 3.31. The molecule has 0 saturated carbocycles. The van der Waals surface area contributed by atoms with Crippen molar-refractivity contribution in [1.82, 2.24) is 10.2 Å². The Morgan fingerprint density at radius 2 is 1.88 bits per heavy atom. The maximum atomic E-state index is 12.0. The van der Waals surface area contributed by atoms with Gasteiger partial charge >= 0.3 is 5.97 Å². The highest BCUT2D eigenvalue weighted by Gasteiger charge is 2.33. The van der Waals surface area contributed by atoms with Gasteiger partial charge in [0, 0.05) is 19.5 Å². The minimum absolute atomic E-state index is 0.0697. The van der Waals surface area contributed by atoms with E-state index in [4.69, 9.17) is 5.11 Å². The van der Waals surface area contributed by atoms with E-state index in [1.165, 1.54) is 0 Å². The number of carbonyl (C=O) groups is 3. The summed E-state index contributed by atoms with van der Waals surface area (Å²) in [4.78, 5) is 35.4. The fourth-order valence-electron chi connectivity index (χ4n) is 2.37. The van der Waals surface area contributed by atoms with Crippen LogP contribution in [-0.2, 0) is 14.4 Å². The Labute approximate surface area is 99.0 Å². The molecular weight excluding hydrogens is 224 g/mol. The van der Waals surface area contributed by atoms with Gasteiger partial charge in [0.25, 0.3) is 0 Å². The van der Waals surface area contributed by atoms with Gasteiger partial charge in [-0.25, -0.2) is 0 Å². The minimum atomic E-state index is -0.786. The first-order valence-electron chi connectivity index (χ1n) is 5.89. The van der Waals surface area contributed by atoms with E-state index in [-0.39, 0.29) is 17.7 Å². The molecule has 17 heavy (non-hydrogen) atoms. The molecule has 2 fully saturated rings. The highest BCUT2D eigenvalue weighted by atomic mass is 16.4. The summed E-state index contributed by atoms with van der Waals surface area (Å²) in [6, 6.07) is -0.399. The zero-order valence-corrected chi connectivity index (χ0v) is 9.52. The first-order valence-corrected chi connectivity index (χ1v) is 5.89. The molecule has 2 amide bonds. The van der Waals surface area contributed by atoms with Crippen molar-refractivity contribution in [2.75, 3.05) is 13.1 Å². The van der Waals surface area contributed by atoms with Crippen LogP contribution >= 0.6 is 0 Å². The quantitative estimate of drug-likeness (QED) is 0.687. The van der Waals surface area contributed by atoms with Crippen molar-refractivity contribution in [1.29, 1.82) is 0 Å². The van der Waals surface area contributed by atoms with Crippen LogP contribution < -0.4 is 5.32 Å². The van der Waals surface area contributed by atoms with Crippen molar-refractivity contribution in [3.8, 4) is 0 Å². The van der Waals surface area contributed by atoms with Crippen LogP contribution in [0.2, 0.25) is 0 Å². The summed E-state index contributed by atoms with van der Waals surface area (Å²) in [5.74, 6) is -1.27. The normalized spacial score (nSPS) is 25.8. The summed E-state index contributed by atoms with van der Waals surface area (Å²) in [7, 11) is 0. The first kappa shape index (κ1) is 11.9. The summed E-state index contributed by atoms with van der Waals surface area (Å²) in [5.41, 5.74) is 0. The van der Waals surface area contributed by atoms with Crippen LogP contribution in [0, 0.1) is 5.92 Å². The average Bonchev–Trinajstić information content (AvgIpc) is 2.75. The zero-order valence-electron chi connectivity index (χ0n) is 9.52. The van der Waals surface area contributed by atoms with Crippen LogP contribution in [0.25, 0.3) is 0 Å². The fourth-order valence-corrected chi connectivity index (χ4v) is 2.37. The molecule has 0 aliphatic carbocycles. The van der Waals surface area contributed by atoms with Crippen LogP contribution in [0.5, 0.6) is 0 Å². The molecule has 2 rings (SSSR count). The Morgan fingerprint density at radius 1 is 1.24 bits per heavy atom. The van der Waals surface area contributed by atoms with Crippen LogP contribution in [0.4, 0.5) is 0 Å². The van der Waals surface area contributed by atoms with Crippen molar-refractivity contribution in [2.45, 2.75) is 31.7 Å². The van der Waals surface area contributed by atoms with Gasteiger partial charge in [-0.2, -0.15) is 0 Å². The number of rotatable bonds is 2. The van der Waals surface area contributed by atoms with Crippen molar-refractivity contribution < 1.29 is 19.5 Å². The van der Waals surface area contributed by atoms with Crippen molar-refractivity contribution >= 4 is 17.8 Å². The number of carboxylic acid groups (broad SMARTS) is 1. The largest absolute Gasteiger partial charge is 0.481 e. The summed E-state index contributed by atoms with van der Waals surface area (Å²) in [5, 5.41) is 11.5. The zero-order chi connectivity index (χ0) is 12.4. The number of nitrogens with one attached hydrogen (secondary N) is 1. The molecule has 6 nitrogen and oxygen atoms in total. The van der Waals surface area contributed by atoms with Crippen LogP contribution in [-0.4, -0.2) is 46.9 Å². The maximum Gasteiger partial charge on any atom is 0.306 e. The third-order valence-electron chi connectivity index (χ3n) is 3.45. The van der Waals surface area contributed by atoms with Crippen LogP contribution in [0.3, 0.4) is 0 Å². The molecule has 0 bridgehead atoms. The summed E-state index contributed by atoms with van der Waals surface area (Å²) in [6.45, 7) is 0.949. The van der Waals surface area contributed by atoms with E-state index in [1.54, 1.807) is 4.90 Å². The average molecular weight is 240 g/mol. The highest BCUT2D eigenvalue weighted by molar-refractivity contribution is 5.90. The number of hydrogen-bond acceptors (Lipinski definition) is 3. The molecule has 6 heteroatoms. The smallest absolute Gasteiger partial charge is 0.306 e. The Bertz CT molecular complexity index is 347. The van der Waals surface area contributed by atoms with E-state index in [1.807, 2.05) is 0 Å². The van der Waals surface area contributed by atoms with Gasteiger partial charge in [-0.3, -0.25) is 14.4 Å². The first-order chi connectivity index (χ1) is 8.08. The maximum absolute atomic E-state index is 12.0. The van der Waals surface area contributed by atoms with Gasteiger partial charge in [-0.05, 0) is 19.3 Å². The van der Waals surface area contributed by atoms with E-state index in [9.17, 15) is 14.4 Å². The number of piperidine rings is 1. The summed E-state index contributed by atoms with van der Waals surface area (Å²) >= 11 is 0. The molecule has 2 heterocycles. The van der Waals surface area contributed by atoms with Gasteiger partial charge in [0.2, 0.25) is 11.8 Å². The molecule has 94 valence electrons. The third kappa shape index (κ3) is 2.57. The second kappa shape index (κ2) is 4.73. The van der Waals surface area contributed by atoms with E-state index in [0.29, 0.717) is 38.8 Å². The number of hydrogen-bond donors (Lipinski definition) is 2. The lowest BCUT2D eigenvalue weighted by Gasteiger charge is -2.31. The van der Waals surface area contributed by atoms with Gasteiger partial charge < -0.3 is 15.3 Å².